The third-order valence-corrected chi connectivity index (χ3v) is 3.80. The van der Waals surface area contributed by atoms with E-state index >= 15 is 0 Å². The van der Waals surface area contributed by atoms with Crippen molar-refractivity contribution in [2.24, 2.45) is 17.6 Å². The zero-order valence-electron chi connectivity index (χ0n) is 12.6. The molecule has 112 valence electrons. The molecule has 0 spiro atoms. The molecule has 21 heavy (non-hydrogen) atoms. The molecule has 2 rings (SSSR count). The van der Waals surface area contributed by atoms with Gasteiger partial charge < -0.3 is 15.8 Å². The van der Waals surface area contributed by atoms with Crippen molar-refractivity contribution in [1.82, 2.24) is 5.32 Å². The standard InChI is InChI=1S/C17H22N2O2/c1-12(13-5-6-13)11-19-17(20)15-7-8-16(21-2)14(10-15)4-3-9-18/h7-8,10,12-13H,5-6,9,11,18H2,1-2H3,(H,19,20). The minimum absolute atomic E-state index is 0.0686. The average molecular weight is 286 g/mol. The SMILES string of the molecule is COc1ccc(C(=O)NCC(C)C2CC2)cc1C#CCN. The Hall–Kier alpha value is -1.99. The fourth-order valence-electron chi connectivity index (χ4n) is 2.28. The molecule has 0 bridgehead atoms. The maximum atomic E-state index is 12.2. The lowest BCUT2D eigenvalue weighted by atomic mass is 10.1. The van der Waals surface area contributed by atoms with Gasteiger partial charge in [0.1, 0.15) is 5.75 Å². The Balaban J connectivity index is 2.05. The van der Waals surface area contributed by atoms with Crippen molar-refractivity contribution >= 4 is 5.91 Å². The van der Waals surface area contributed by atoms with Gasteiger partial charge in [0, 0.05) is 12.1 Å². The number of nitrogens with two attached hydrogens (primary N) is 1. The van der Waals surface area contributed by atoms with E-state index < -0.39 is 0 Å². The summed E-state index contributed by atoms with van der Waals surface area (Å²) >= 11 is 0. The van der Waals surface area contributed by atoms with Crippen molar-refractivity contribution in [2.45, 2.75) is 19.8 Å². The zero-order valence-corrected chi connectivity index (χ0v) is 12.6. The summed E-state index contributed by atoms with van der Waals surface area (Å²) in [7, 11) is 1.58. The Labute approximate surface area is 126 Å². The fraction of sp³-hybridized carbons (Fsp3) is 0.471. The number of hydrogen-bond acceptors (Lipinski definition) is 3. The summed E-state index contributed by atoms with van der Waals surface area (Å²) in [6, 6.07) is 5.27. The number of methoxy groups -OCH3 is 1. The third-order valence-electron chi connectivity index (χ3n) is 3.80. The summed E-state index contributed by atoms with van der Waals surface area (Å²) in [5.41, 5.74) is 6.67. The molecule has 1 fully saturated rings. The Morgan fingerprint density at radius 2 is 2.29 bits per heavy atom. The van der Waals surface area contributed by atoms with Crippen LogP contribution in [-0.4, -0.2) is 26.1 Å². The van der Waals surface area contributed by atoms with Gasteiger partial charge in [-0.25, -0.2) is 0 Å². The minimum Gasteiger partial charge on any atom is -0.495 e. The van der Waals surface area contributed by atoms with Crippen molar-refractivity contribution < 1.29 is 9.53 Å². The van der Waals surface area contributed by atoms with Gasteiger partial charge in [-0.15, -0.1) is 0 Å². The second-order valence-electron chi connectivity index (χ2n) is 5.45. The van der Waals surface area contributed by atoms with Crippen molar-refractivity contribution in [3.05, 3.63) is 29.3 Å². The maximum Gasteiger partial charge on any atom is 0.251 e. The second-order valence-corrected chi connectivity index (χ2v) is 5.45. The summed E-state index contributed by atoms with van der Waals surface area (Å²) in [5, 5.41) is 2.99. The van der Waals surface area contributed by atoms with Crippen LogP contribution in [0.3, 0.4) is 0 Å². The van der Waals surface area contributed by atoms with Crippen molar-refractivity contribution in [3.63, 3.8) is 0 Å². The molecule has 1 saturated carbocycles. The molecule has 4 heteroatoms. The topological polar surface area (TPSA) is 64.3 Å². The molecule has 0 saturated heterocycles. The van der Waals surface area contributed by atoms with Crippen LogP contribution in [-0.2, 0) is 0 Å². The molecule has 1 unspecified atom stereocenters. The van der Waals surface area contributed by atoms with Crippen LogP contribution >= 0.6 is 0 Å². The summed E-state index contributed by atoms with van der Waals surface area (Å²) in [5.74, 6) is 7.63. The highest BCUT2D eigenvalue weighted by Crippen LogP contribution is 2.36. The van der Waals surface area contributed by atoms with Crippen LogP contribution in [0, 0.1) is 23.7 Å². The molecule has 0 aromatic heterocycles. The average Bonchev–Trinajstić information content (AvgIpc) is 3.34. The Morgan fingerprint density at radius 1 is 1.52 bits per heavy atom. The van der Waals surface area contributed by atoms with E-state index in [-0.39, 0.29) is 12.5 Å². The number of amides is 1. The molecule has 3 N–H and O–H groups in total. The van der Waals surface area contributed by atoms with E-state index in [0.29, 0.717) is 22.8 Å². The van der Waals surface area contributed by atoms with Gasteiger partial charge in [-0.1, -0.05) is 18.8 Å². The van der Waals surface area contributed by atoms with Gasteiger partial charge in [0.25, 0.3) is 5.91 Å². The van der Waals surface area contributed by atoms with Gasteiger partial charge in [0.15, 0.2) is 0 Å². The van der Waals surface area contributed by atoms with Gasteiger partial charge in [0.2, 0.25) is 0 Å². The smallest absolute Gasteiger partial charge is 0.251 e. The quantitative estimate of drug-likeness (QED) is 0.811. The molecule has 0 aliphatic heterocycles. The predicted molar refractivity (Wildman–Crippen MR) is 83.1 cm³/mol. The van der Waals surface area contributed by atoms with E-state index in [4.69, 9.17) is 10.5 Å². The fourth-order valence-corrected chi connectivity index (χ4v) is 2.28. The molecule has 4 nitrogen and oxygen atoms in total. The van der Waals surface area contributed by atoms with Gasteiger partial charge in [-0.2, -0.15) is 0 Å². The summed E-state index contributed by atoms with van der Waals surface area (Å²) < 4.78 is 5.24. The minimum atomic E-state index is -0.0686. The first-order chi connectivity index (χ1) is 10.2. The lowest BCUT2D eigenvalue weighted by molar-refractivity contribution is 0.0946. The lowest BCUT2D eigenvalue weighted by Gasteiger charge is -2.12. The van der Waals surface area contributed by atoms with E-state index in [0.717, 1.165) is 12.5 Å². The summed E-state index contributed by atoms with van der Waals surface area (Å²) in [6.45, 7) is 3.18. The third kappa shape index (κ3) is 4.24. The zero-order chi connectivity index (χ0) is 15.2. The van der Waals surface area contributed by atoms with Crippen LogP contribution in [0.2, 0.25) is 0 Å². The Morgan fingerprint density at radius 3 is 2.90 bits per heavy atom. The predicted octanol–water partition coefficient (Wildman–Crippen LogP) is 1.78. The monoisotopic (exact) mass is 286 g/mol. The largest absolute Gasteiger partial charge is 0.495 e. The molecule has 1 atom stereocenters. The second kappa shape index (κ2) is 7.14. The molecular formula is C17H22N2O2. The highest BCUT2D eigenvalue weighted by Gasteiger charge is 2.27. The first kappa shape index (κ1) is 15.4. The van der Waals surface area contributed by atoms with Crippen molar-refractivity contribution in [2.75, 3.05) is 20.2 Å². The van der Waals surface area contributed by atoms with Gasteiger partial charge in [-0.3, -0.25) is 4.79 Å². The molecule has 0 heterocycles. The number of benzene rings is 1. The van der Waals surface area contributed by atoms with Crippen LogP contribution in [0.15, 0.2) is 18.2 Å². The number of hydrogen-bond donors (Lipinski definition) is 2. The Kier molecular flexibility index (Phi) is 5.24. The number of carbonyl (C=O) groups excluding carboxylic acids is 1. The molecule has 1 aliphatic carbocycles. The number of rotatable bonds is 5. The highest BCUT2D eigenvalue weighted by atomic mass is 16.5. The molecule has 1 amide bonds. The van der Waals surface area contributed by atoms with E-state index in [1.54, 1.807) is 25.3 Å². The number of nitrogens with one attached hydrogen (secondary N) is 1. The molecule has 1 aromatic rings. The number of ether oxygens (including phenoxy) is 1. The lowest BCUT2D eigenvalue weighted by Crippen LogP contribution is -2.29. The van der Waals surface area contributed by atoms with E-state index in [2.05, 4.69) is 24.1 Å². The van der Waals surface area contributed by atoms with E-state index in [9.17, 15) is 4.79 Å². The van der Waals surface area contributed by atoms with Crippen molar-refractivity contribution in [1.29, 1.82) is 0 Å². The van der Waals surface area contributed by atoms with Gasteiger partial charge in [-0.05, 0) is 42.9 Å². The number of carbonyl (C=O) groups is 1. The maximum absolute atomic E-state index is 12.2. The highest BCUT2D eigenvalue weighted by molar-refractivity contribution is 5.94. The van der Waals surface area contributed by atoms with Crippen LogP contribution < -0.4 is 15.8 Å². The molecule has 0 radical (unpaired) electrons. The van der Waals surface area contributed by atoms with Gasteiger partial charge >= 0.3 is 0 Å². The van der Waals surface area contributed by atoms with Crippen molar-refractivity contribution in [3.8, 4) is 17.6 Å². The first-order valence-corrected chi connectivity index (χ1v) is 7.31. The summed E-state index contributed by atoms with van der Waals surface area (Å²) in [4.78, 5) is 12.2. The van der Waals surface area contributed by atoms with E-state index in [1.807, 2.05) is 0 Å². The Bertz CT molecular complexity index is 568. The normalized spacial score (nSPS) is 14.8. The van der Waals surface area contributed by atoms with Gasteiger partial charge in [0.05, 0.1) is 19.2 Å². The summed E-state index contributed by atoms with van der Waals surface area (Å²) in [6.07, 6.45) is 2.58. The van der Waals surface area contributed by atoms with E-state index in [1.165, 1.54) is 12.8 Å². The van der Waals surface area contributed by atoms with Crippen LogP contribution in [0.25, 0.3) is 0 Å². The molecular weight excluding hydrogens is 264 g/mol. The van der Waals surface area contributed by atoms with Crippen LogP contribution in [0.1, 0.15) is 35.7 Å². The molecule has 1 aromatic carbocycles. The first-order valence-electron chi connectivity index (χ1n) is 7.31. The molecule has 1 aliphatic rings. The van der Waals surface area contributed by atoms with Crippen LogP contribution in [0.5, 0.6) is 5.75 Å². The van der Waals surface area contributed by atoms with Crippen LogP contribution in [0.4, 0.5) is 0 Å².